The van der Waals surface area contributed by atoms with Gasteiger partial charge in [0.25, 0.3) is 0 Å². The Labute approximate surface area is 118 Å². The maximum absolute atomic E-state index is 12.6. The summed E-state index contributed by atoms with van der Waals surface area (Å²) in [5.74, 6) is 0.354. The molecule has 0 aliphatic rings. The topological polar surface area (TPSA) is 21.3 Å². The van der Waals surface area contributed by atoms with Gasteiger partial charge in [-0.1, -0.05) is 32.0 Å². The van der Waals surface area contributed by atoms with Gasteiger partial charge >= 0.3 is 6.18 Å². The van der Waals surface area contributed by atoms with Gasteiger partial charge in [0.2, 0.25) is 0 Å². The van der Waals surface area contributed by atoms with Crippen LogP contribution in [0.25, 0.3) is 0 Å². The number of ether oxygens (including phenoxy) is 1. The van der Waals surface area contributed by atoms with Crippen LogP contribution < -0.4 is 5.32 Å². The van der Waals surface area contributed by atoms with Crippen LogP contribution in [-0.4, -0.2) is 19.3 Å². The largest absolute Gasteiger partial charge is 0.416 e. The molecule has 0 amide bonds. The van der Waals surface area contributed by atoms with Crippen molar-refractivity contribution in [3.05, 3.63) is 35.4 Å². The average Bonchev–Trinajstić information content (AvgIpc) is 2.37. The molecule has 0 radical (unpaired) electrons. The summed E-state index contributed by atoms with van der Waals surface area (Å²) < 4.78 is 43.2. The fourth-order valence-corrected chi connectivity index (χ4v) is 1.84. The van der Waals surface area contributed by atoms with Gasteiger partial charge in [-0.05, 0) is 24.5 Å². The fourth-order valence-electron chi connectivity index (χ4n) is 1.84. The Balaban J connectivity index is 2.64. The molecule has 1 aromatic carbocycles. The van der Waals surface area contributed by atoms with Gasteiger partial charge in [0, 0.05) is 19.2 Å². The minimum Gasteiger partial charge on any atom is -0.380 e. The Kier molecular flexibility index (Phi) is 6.49. The highest BCUT2D eigenvalue weighted by atomic mass is 19.4. The van der Waals surface area contributed by atoms with Crippen molar-refractivity contribution in [3.63, 3.8) is 0 Å². The Bertz CT molecular complexity index is 404. The fraction of sp³-hybridized carbons (Fsp3) is 0.600. The number of benzene rings is 1. The summed E-state index contributed by atoms with van der Waals surface area (Å²) in [6.45, 7) is 7.64. The molecule has 1 N–H and O–H groups in total. The van der Waals surface area contributed by atoms with E-state index in [9.17, 15) is 13.2 Å². The van der Waals surface area contributed by atoms with Gasteiger partial charge in [-0.15, -0.1) is 0 Å². The second-order valence-corrected chi connectivity index (χ2v) is 5.09. The van der Waals surface area contributed by atoms with Gasteiger partial charge in [-0.2, -0.15) is 13.2 Å². The van der Waals surface area contributed by atoms with E-state index in [-0.39, 0.29) is 6.04 Å². The normalized spacial score (nSPS) is 13.8. The van der Waals surface area contributed by atoms with E-state index >= 15 is 0 Å². The van der Waals surface area contributed by atoms with E-state index in [1.165, 1.54) is 12.1 Å². The van der Waals surface area contributed by atoms with E-state index in [0.29, 0.717) is 31.2 Å². The van der Waals surface area contributed by atoms with E-state index in [2.05, 4.69) is 19.2 Å². The molecule has 0 aromatic heterocycles. The lowest BCUT2D eigenvalue weighted by molar-refractivity contribution is -0.137. The summed E-state index contributed by atoms with van der Waals surface area (Å²) in [5.41, 5.74) is 0.0182. The van der Waals surface area contributed by atoms with Crippen LogP contribution in [0, 0.1) is 5.92 Å². The van der Waals surface area contributed by atoms with Crippen LogP contribution in [0.1, 0.15) is 31.9 Å². The molecule has 0 saturated heterocycles. The Morgan fingerprint density at radius 2 is 1.95 bits per heavy atom. The zero-order valence-electron chi connectivity index (χ0n) is 12.1. The van der Waals surface area contributed by atoms with Gasteiger partial charge in [0.1, 0.15) is 0 Å². The quantitative estimate of drug-likeness (QED) is 0.823. The Hall–Kier alpha value is -1.07. The number of hydrogen-bond donors (Lipinski definition) is 1. The summed E-state index contributed by atoms with van der Waals surface area (Å²) in [4.78, 5) is 0. The summed E-state index contributed by atoms with van der Waals surface area (Å²) in [5, 5.41) is 3.26. The second-order valence-electron chi connectivity index (χ2n) is 5.09. The third-order valence-corrected chi connectivity index (χ3v) is 3.13. The van der Waals surface area contributed by atoms with Crippen molar-refractivity contribution >= 4 is 0 Å². The zero-order chi connectivity index (χ0) is 15.2. The van der Waals surface area contributed by atoms with Gasteiger partial charge < -0.3 is 10.1 Å². The summed E-state index contributed by atoms with van der Waals surface area (Å²) >= 11 is 0. The highest BCUT2D eigenvalue weighted by molar-refractivity contribution is 5.25. The molecule has 1 aromatic rings. The molecule has 0 aliphatic heterocycles. The summed E-state index contributed by atoms with van der Waals surface area (Å²) in [6.07, 6.45) is -4.29. The Morgan fingerprint density at radius 1 is 1.25 bits per heavy atom. The van der Waals surface area contributed by atoms with E-state index in [0.717, 1.165) is 6.07 Å². The van der Waals surface area contributed by atoms with E-state index in [1.807, 2.05) is 6.92 Å². The molecular formula is C15H22F3NO. The van der Waals surface area contributed by atoms with Crippen LogP contribution in [0.15, 0.2) is 24.3 Å². The highest BCUT2D eigenvalue weighted by Gasteiger charge is 2.30. The lowest BCUT2D eigenvalue weighted by Crippen LogP contribution is -2.37. The molecule has 5 heteroatoms. The zero-order valence-corrected chi connectivity index (χ0v) is 12.1. The summed E-state index contributed by atoms with van der Waals surface area (Å²) in [7, 11) is 0. The monoisotopic (exact) mass is 289 g/mol. The molecule has 114 valence electrons. The number of hydrogen-bond acceptors (Lipinski definition) is 2. The molecule has 1 rings (SSSR count). The van der Waals surface area contributed by atoms with Crippen LogP contribution >= 0.6 is 0 Å². The average molecular weight is 289 g/mol. The van der Waals surface area contributed by atoms with E-state index in [4.69, 9.17) is 4.74 Å². The molecule has 1 unspecified atom stereocenters. The first kappa shape index (κ1) is 17.0. The van der Waals surface area contributed by atoms with Crippen LogP contribution in [0.5, 0.6) is 0 Å². The minimum absolute atomic E-state index is 0.129. The smallest absolute Gasteiger partial charge is 0.380 e. The molecule has 0 bridgehead atoms. The van der Waals surface area contributed by atoms with Crippen molar-refractivity contribution in [2.45, 2.75) is 39.5 Å². The molecule has 20 heavy (non-hydrogen) atoms. The van der Waals surface area contributed by atoms with Crippen molar-refractivity contribution < 1.29 is 17.9 Å². The highest BCUT2D eigenvalue weighted by Crippen LogP contribution is 2.29. The molecule has 0 aliphatic carbocycles. The molecule has 0 spiro atoms. The number of alkyl halides is 3. The first-order valence-corrected chi connectivity index (χ1v) is 6.81. The van der Waals surface area contributed by atoms with E-state index < -0.39 is 11.7 Å². The van der Waals surface area contributed by atoms with Crippen molar-refractivity contribution in [3.8, 4) is 0 Å². The van der Waals surface area contributed by atoms with Crippen molar-refractivity contribution in [1.82, 2.24) is 5.32 Å². The molecule has 1 atom stereocenters. The lowest BCUT2D eigenvalue weighted by Gasteiger charge is -2.22. The van der Waals surface area contributed by atoms with Crippen LogP contribution in [-0.2, 0) is 17.5 Å². The summed E-state index contributed by atoms with van der Waals surface area (Å²) in [6, 6.07) is 5.53. The van der Waals surface area contributed by atoms with E-state index in [1.54, 1.807) is 6.07 Å². The van der Waals surface area contributed by atoms with Crippen LogP contribution in [0.4, 0.5) is 13.2 Å². The molecule has 2 nitrogen and oxygen atoms in total. The van der Waals surface area contributed by atoms with Gasteiger partial charge in [0.05, 0.1) is 12.2 Å². The molecule has 0 saturated carbocycles. The van der Waals surface area contributed by atoms with Gasteiger partial charge in [0.15, 0.2) is 0 Å². The molecular weight excluding hydrogens is 267 g/mol. The van der Waals surface area contributed by atoms with Crippen molar-refractivity contribution in [2.24, 2.45) is 5.92 Å². The maximum atomic E-state index is 12.6. The maximum Gasteiger partial charge on any atom is 0.416 e. The number of nitrogens with one attached hydrogen (secondary N) is 1. The Morgan fingerprint density at radius 3 is 2.50 bits per heavy atom. The number of rotatable bonds is 7. The first-order chi connectivity index (χ1) is 9.34. The standard InChI is InChI=1S/C15H22F3NO/c1-4-20-10-14(11(2)3)19-9-12-6-5-7-13(8-12)15(16,17)18/h5-8,11,14,19H,4,9-10H2,1-3H3. The lowest BCUT2D eigenvalue weighted by atomic mass is 10.0. The van der Waals surface area contributed by atoms with Gasteiger partial charge in [-0.25, -0.2) is 0 Å². The predicted molar refractivity (Wildman–Crippen MR) is 73.4 cm³/mol. The van der Waals surface area contributed by atoms with Gasteiger partial charge in [-0.3, -0.25) is 0 Å². The second kappa shape index (κ2) is 7.64. The predicted octanol–water partition coefficient (Wildman–Crippen LogP) is 3.86. The minimum atomic E-state index is -4.29. The molecule has 0 fully saturated rings. The van der Waals surface area contributed by atoms with Crippen molar-refractivity contribution in [2.75, 3.05) is 13.2 Å². The van der Waals surface area contributed by atoms with Crippen molar-refractivity contribution in [1.29, 1.82) is 0 Å². The van der Waals surface area contributed by atoms with Crippen LogP contribution in [0.2, 0.25) is 0 Å². The third-order valence-electron chi connectivity index (χ3n) is 3.13. The first-order valence-electron chi connectivity index (χ1n) is 6.81. The SMILES string of the molecule is CCOCC(NCc1cccc(C(F)(F)F)c1)C(C)C. The van der Waals surface area contributed by atoms with Crippen LogP contribution in [0.3, 0.4) is 0 Å². The third kappa shape index (κ3) is 5.51. The number of halogens is 3. The molecule has 0 heterocycles.